The van der Waals surface area contributed by atoms with Gasteiger partial charge in [-0.05, 0) is 48.9 Å². The fourth-order valence-corrected chi connectivity index (χ4v) is 5.04. The Morgan fingerprint density at radius 2 is 1.66 bits per heavy atom. The Hall–Kier alpha value is -2.84. The summed E-state index contributed by atoms with van der Waals surface area (Å²) in [4.78, 5) is 4.57. The molecule has 0 fully saturated rings. The van der Waals surface area contributed by atoms with E-state index < -0.39 is 27.8 Å². The molecule has 1 atom stereocenters. The van der Waals surface area contributed by atoms with Gasteiger partial charge in [0.15, 0.2) is 0 Å². The average molecular weight is 479 g/mol. The molecule has 1 aliphatic rings. The molecule has 4 nitrogen and oxygen atoms in total. The minimum Gasteiger partial charge on any atom is -0.257 e. The summed E-state index contributed by atoms with van der Waals surface area (Å²) in [5.41, 5.74) is 0.795. The largest absolute Gasteiger partial charge is 0.416 e. The second-order valence-electron chi connectivity index (χ2n) is 7.45. The second-order valence-corrected chi connectivity index (χ2v) is 9.75. The molecule has 3 aromatic rings. The van der Waals surface area contributed by atoms with E-state index in [4.69, 9.17) is 11.6 Å². The third-order valence-electron chi connectivity index (χ3n) is 5.16. The summed E-state index contributed by atoms with van der Waals surface area (Å²) in [7, 11) is -4.05. The number of hydrogen-bond donors (Lipinski definition) is 0. The van der Waals surface area contributed by atoms with Gasteiger partial charge in [0.2, 0.25) is 0 Å². The molecule has 0 bridgehead atoms. The number of nitrogens with zero attached hydrogens (tertiary/aromatic N) is 2. The van der Waals surface area contributed by atoms with Crippen LogP contribution in [0.3, 0.4) is 0 Å². The quantitative estimate of drug-likeness (QED) is 0.471. The fourth-order valence-electron chi connectivity index (χ4n) is 3.46. The Morgan fingerprint density at radius 3 is 2.28 bits per heavy atom. The van der Waals surface area contributed by atoms with E-state index in [1.165, 1.54) is 24.3 Å². The van der Waals surface area contributed by atoms with Crippen LogP contribution < -0.4 is 0 Å². The van der Waals surface area contributed by atoms with Crippen molar-refractivity contribution in [1.29, 1.82) is 0 Å². The number of hydrogen-bond acceptors (Lipinski definition) is 3. The smallest absolute Gasteiger partial charge is 0.257 e. The molecule has 1 aliphatic heterocycles. The van der Waals surface area contributed by atoms with Crippen molar-refractivity contribution in [3.05, 3.63) is 100 Å². The summed E-state index contributed by atoms with van der Waals surface area (Å²) in [6, 6.07) is 17.0. The van der Waals surface area contributed by atoms with E-state index in [2.05, 4.69) is 4.99 Å². The Morgan fingerprint density at radius 1 is 1.00 bits per heavy atom. The molecule has 0 saturated heterocycles. The Balaban J connectivity index is 1.82. The van der Waals surface area contributed by atoms with Crippen LogP contribution in [0, 0.1) is 6.92 Å². The van der Waals surface area contributed by atoms with Gasteiger partial charge in [-0.3, -0.25) is 4.99 Å². The molecule has 0 aromatic heterocycles. The highest BCUT2D eigenvalue weighted by molar-refractivity contribution is 7.89. The van der Waals surface area contributed by atoms with E-state index >= 15 is 0 Å². The molecule has 0 N–H and O–H groups in total. The molecule has 1 unspecified atom stereocenters. The summed E-state index contributed by atoms with van der Waals surface area (Å²) in [5.74, 6) is -0.0309. The number of sulfonamides is 1. The molecule has 3 aromatic carbocycles. The van der Waals surface area contributed by atoms with Crippen molar-refractivity contribution in [2.24, 2.45) is 4.99 Å². The van der Waals surface area contributed by atoms with E-state index in [-0.39, 0.29) is 22.8 Å². The highest BCUT2D eigenvalue weighted by Crippen LogP contribution is 2.34. The van der Waals surface area contributed by atoms with Crippen LogP contribution >= 0.6 is 11.6 Å². The topological polar surface area (TPSA) is 49.7 Å². The normalized spacial score (nSPS) is 16.8. The van der Waals surface area contributed by atoms with Crippen molar-refractivity contribution in [1.82, 2.24) is 4.31 Å². The molecule has 9 heteroatoms. The zero-order chi connectivity index (χ0) is 23.1. The molecule has 0 saturated carbocycles. The summed E-state index contributed by atoms with van der Waals surface area (Å²) in [5, 5.41) is 0.512. The lowest BCUT2D eigenvalue weighted by Gasteiger charge is -2.22. The van der Waals surface area contributed by atoms with E-state index in [9.17, 15) is 21.6 Å². The maximum Gasteiger partial charge on any atom is 0.416 e. The van der Waals surface area contributed by atoms with Gasteiger partial charge in [0.05, 0.1) is 23.0 Å². The van der Waals surface area contributed by atoms with E-state index in [0.717, 1.165) is 22.0 Å². The van der Waals surface area contributed by atoms with Gasteiger partial charge >= 0.3 is 6.18 Å². The van der Waals surface area contributed by atoms with Crippen molar-refractivity contribution in [2.75, 3.05) is 6.54 Å². The predicted octanol–water partition coefficient (Wildman–Crippen LogP) is 5.86. The Labute approximate surface area is 189 Å². The average Bonchev–Trinajstić information content (AvgIpc) is 3.20. The second kappa shape index (κ2) is 8.26. The SMILES string of the molecule is Cc1ccc(S(=O)(=O)N2CC(c3ccc(Cl)cc3)N=C2c2cccc(C(F)(F)F)c2)cc1. The van der Waals surface area contributed by atoms with Crippen molar-refractivity contribution in [2.45, 2.75) is 24.0 Å². The van der Waals surface area contributed by atoms with Gasteiger partial charge in [0.1, 0.15) is 5.84 Å². The molecule has 0 amide bonds. The molecular formula is C23H18ClF3N2O2S. The van der Waals surface area contributed by atoms with Gasteiger partial charge in [-0.15, -0.1) is 0 Å². The zero-order valence-electron chi connectivity index (χ0n) is 16.8. The number of aryl methyl sites for hydroxylation is 1. The summed E-state index contributed by atoms with van der Waals surface area (Å²) in [6.45, 7) is 1.79. The number of amidine groups is 1. The van der Waals surface area contributed by atoms with Crippen LogP contribution in [0.2, 0.25) is 5.02 Å². The van der Waals surface area contributed by atoms with E-state index in [1.807, 2.05) is 6.92 Å². The Bertz CT molecular complexity index is 1270. The first-order valence-corrected chi connectivity index (χ1v) is 11.5. The third kappa shape index (κ3) is 4.38. The molecule has 0 radical (unpaired) electrons. The van der Waals surface area contributed by atoms with Gasteiger partial charge in [0.25, 0.3) is 10.0 Å². The minimum atomic E-state index is -4.56. The monoisotopic (exact) mass is 478 g/mol. The van der Waals surface area contributed by atoms with Crippen molar-refractivity contribution >= 4 is 27.5 Å². The lowest BCUT2D eigenvalue weighted by Crippen LogP contribution is -2.35. The summed E-state index contributed by atoms with van der Waals surface area (Å²) in [6.07, 6.45) is -4.56. The van der Waals surface area contributed by atoms with Gasteiger partial charge in [-0.1, -0.05) is 53.6 Å². The minimum absolute atomic E-state index is 0.0309. The number of alkyl halides is 3. The van der Waals surface area contributed by atoms with E-state index in [1.54, 1.807) is 36.4 Å². The van der Waals surface area contributed by atoms with Gasteiger partial charge in [-0.2, -0.15) is 13.2 Å². The third-order valence-corrected chi connectivity index (χ3v) is 7.19. The summed E-state index contributed by atoms with van der Waals surface area (Å²) < 4.78 is 67.8. The molecule has 0 spiro atoms. The molecular weight excluding hydrogens is 461 g/mol. The van der Waals surface area contributed by atoms with Crippen LogP contribution in [0.4, 0.5) is 13.2 Å². The lowest BCUT2D eigenvalue weighted by atomic mass is 10.1. The first-order valence-electron chi connectivity index (χ1n) is 9.66. The molecule has 32 heavy (non-hydrogen) atoms. The standard InChI is InChI=1S/C23H18ClF3N2O2S/c1-15-5-11-20(12-6-15)32(30,31)29-14-21(16-7-9-19(24)10-8-16)28-22(29)17-3-2-4-18(13-17)23(25,26)27/h2-13,21H,14H2,1H3. The summed E-state index contributed by atoms with van der Waals surface area (Å²) >= 11 is 5.95. The number of aliphatic imine (C=N–C) groups is 1. The van der Waals surface area contributed by atoms with Crippen molar-refractivity contribution in [3.63, 3.8) is 0 Å². The zero-order valence-corrected chi connectivity index (χ0v) is 18.4. The lowest BCUT2D eigenvalue weighted by molar-refractivity contribution is -0.137. The van der Waals surface area contributed by atoms with Crippen LogP contribution in [-0.4, -0.2) is 25.1 Å². The highest BCUT2D eigenvalue weighted by Gasteiger charge is 2.38. The van der Waals surface area contributed by atoms with Gasteiger partial charge < -0.3 is 0 Å². The van der Waals surface area contributed by atoms with Gasteiger partial charge in [-0.25, -0.2) is 12.7 Å². The molecule has 4 rings (SSSR count). The highest BCUT2D eigenvalue weighted by atomic mass is 35.5. The van der Waals surface area contributed by atoms with Crippen molar-refractivity contribution in [3.8, 4) is 0 Å². The van der Waals surface area contributed by atoms with E-state index in [0.29, 0.717) is 10.6 Å². The number of benzene rings is 3. The van der Waals surface area contributed by atoms with Gasteiger partial charge in [0, 0.05) is 10.6 Å². The maximum absolute atomic E-state index is 13.4. The first-order chi connectivity index (χ1) is 15.1. The molecule has 0 aliphatic carbocycles. The fraction of sp³-hybridized carbons (Fsp3) is 0.174. The van der Waals surface area contributed by atoms with Crippen LogP contribution in [0.1, 0.15) is 28.3 Å². The predicted molar refractivity (Wildman–Crippen MR) is 117 cm³/mol. The van der Waals surface area contributed by atoms with Crippen molar-refractivity contribution < 1.29 is 21.6 Å². The van der Waals surface area contributed by atoms with Crippen LogP contribution in [0.25, 0.3) is 0 Å². The number of halogens is 4. The molecule has 166 valence electrons. The van der Waals surface area contributed by atoms with Crippen LogP contribution in [0.5, 0.6) is 0 Å². The van der Waals surface area contributed by atoms with Crippen LogP contribution in [-0.2, 0) is 16.2 Å². The maximum atomic E-state index is 13.4. The number of rotatable bonds is 4. The Kier molecular flexibility index (Phi) is 5.77. The molecule has 1 heterocycles. The first kappa shape index (κ1) is 22.4. The van der Waals surface area contributed by atoms with Crippen LogP contribution in [0.15, 0.2) is 82.7 Å².